The molecule has 0 saturated heterocycles. The molecule has 1 aromatic heterocycles. The molecular weight excluding hydrogens is 268 g/mol. The van der Waals surface area contributed by atoms with Crippen molar-refractivity contribution in [2.24, 2.45) is 0 Å². The van der Waals surface area contributed by atoms with Crippen molar-refractivity contribution in [3.05, 3.63) is 58.3 Å². The number of hydrogen-bond donors (Lipinski definition) is 2. The Balaban J connectivity index is 1.85. The summed E-state index contributed by atoms with van der Waals surface area (Å²) in [6, 6.07) is 8.71. The van der Waals surface area contributed by atoms with Gasteiger partial charge in [0, 0.05) is 30.5 Å². The summed E-state index contributed by atoms with van der Waals surface area (Å²) in [6.07, 6.45) is 1.48. The lowest BCUT2D eigenvalue weighted by molar-refractivity contribution is 0.251. The number of para-hydroxylation sites is 1. The number of benzene rings is 1. The number of carbonyl (C=O) groups excluding carboxylic acids is 1. The predicted molar refractivity (Wildman–Crippen MR) is 81.4 cm³/mol. The normalized spacial score (nSPS) is 10.2. The summed E-state index contributed by atoms with van der Waals surface area (Å²) in [7, 11) is 0. The van der Waals surface area contributed by atoms with Crippen LogP contribution in [0.25, 0.3) is 0 Å². The van der Waals surface area contributed by atoms with Gasteiger partial charge in [0.15, 0.2) is 0 Å². The smallest absolute Gasteiger partial charge is 0.319 e. The molecule has 6 nitrogen and oxygen atoms in total. The van der Waals surface area contributed by atoms with Gasteiger partial charge in [0.2, 0.25) is 0 Å². The first kappa shape index (κ1) is 14.8. The molecule has 2 rings (SSSR count). The van der Waals surface area contributed by atoms with E-state index in [9.17, 15) is 9.59 Å². The van der Waals surface area contributed by atoms with Gasteiger partial charge in [-0.1, -0.05) is 18.2 Å². The van der Waals surface area contributed by atoms with Gasteiger partial charge in [0.25, 0.3) is 5.56 Å². The summed E-state index contributed by atoms with van der Waals surface area (Å²) in [5.41, 5.74) is 2.32. The minimum absolute atomic E-state index is 0.122. The molecule has 0 spiro atoms. The SMILES string of the molecule is Cc1cc(=O)n(CCNC(=O)Nc2ccccc2C)cn1. The van der Waals surface area contributed by atoms with Gasteiger partial charge in [-0.25, -0.2) is 9.78 Å². The first-order valence-corrected chi connectivity index (χ1v) is 6.70. The zero-order valence-corrected chi connectivity index (χ0v) is 12.1. The number of urea groups is 1. The van der Waals surface area contributed by atoms with Crippen LogP contribution in [0.4, 0.5) is 10.5 Å². The summed E-state index contributed by atoms with van der Waals surface area (Å²) in [5.74, 6) is 0. The summed E-state index contributed by atoms with van der Waals surface area (Å²) in [6.45, 7) is 4.42. The molecule has 0 aliphatic heterocycles. The third-order valence-corrected chi connectivity index (χ3v) is 3.05. The quantitative estimate of drug-likeness (QED) is 0.898. The van der Waals surface area contributed by atoms with Gasteiger partial charge in [-0.15, -0.1) is 0 Å². The molecule has 0 bridgehead atoms. The van der Waals surface area contributed by atoms with Crippen molar-refractivity contribution in [1.29, 1.82) is 0 Å². The van der Waals surface area contributed by atoms with E-state index in [4.69, 9.17) is 0 Å². The van der Waals surface area contributed by atoms with Gasteiger partial charge >= 0.3 is 6.03 Å². The van der Waals surface area contributed by atoms with E-state index >= 15 is 0 Å². The zero-order valence-electron chi connectivity index (χ0n) is 12.1. The fourth-order valence-electron chi connectivity index (χ4n) is 1.85. The number of rotatable bonds is 4. The number of aromatic nitrogens is 2. The molecule has 0 fully saturated rings. The Morgan fingerprint density at radius 1 is 1.29 bits per heavy atom. The third kappa shape index (κ3) is 4.17. The largest absolute Gasteiger partial charge is 0.336 e. The standard InChI is InChI=1S/C15H18N4O2/c1-11-5-3-4-6-13(11)18-15(21)16-7-8-19-10-17-12(2)9-14(19)20/h3-6,9-10H,7-8H2,1-2H3,(H2,16,18,21). The lowest BCUT2D eigenvalue weighted by Gasteiger charge is -2.10. The second kappa shape index (κ2) is 6.69. The number of aryl methyl sites for hydroxylation is 2. The Bertz CT molecular complexity index is 694. The minimum Gasteiger partial charge on any atom is -0.336 e. The minimum atomic E-state index is -0.294. The predicted octanol–water partition coefficient (Wildman–Crippen LogP) is 1.68. The molecule has 2 amide bonds. The van der Waals surface area contributed by atoms with E-state index in [2.05, 4.69) is 15.6 Å². The first-order chi connectivity index (χ1) is 10.1. The molecule has 0 aliphatic rings. The second-order valence-electron chi connectivity index (χ2n) is 4.76. The van der Waals surface area contributed by atoms with Crippen LogP contribution in [0.1, 0.15) is 11.3 Å². The molecule has 0 radical (unpaired) electrons. The number of amides is 2. The molecule has 1 heterocycles. The summed E-state index contributed by atoms with van der Waals surface area (Å²) in [5, 5.41) is 5.48. The summed E-state index contributed by atoms with van der Waals surface area (Å²) in [4.78, 5) is 27.5. The average molecular weight is 286 g/mol. The fraction of sp³-hybridized carbons (Fsp3) is 0.267. The van der Waals surface area contributed by atoms with Gasteiger partial charge in [0.1, 0.15) is 0 Å². The highest BCUT2D eigenvalue weighted by molar-refractivity contribution is 5.89. The number of carbonyl (C=O) groups is 1. The van der Waals surface area contributed by atoms with Crippen LogP contribution >= 0.6 is 0 Å². The molecule has 0 unspecified atom stereocenters. The molecule has 21 heavy (non-hydrogen) atoms. The van der Waals surface area contributed by atoms with Crippen molar-refractivity contribution in [1.82, 2.24) is 14.9 Å². The van der Waals surface area contributed by atoms with Crippen molar-refractivity contribution >= 4 is 11.7 Å². The molecule has 110 valence electrons. The monoisotopic (exact) mass is 286 g/mol. The highest BCUT2D eigenvalue weighted by atomic mass is 16.2. The van der Waals surface area contributed by atoms with Crippen LogP contribution in [-0.4, -0.2) is 22.1 Å². The number of nitrogens with one attached hydrogen (secondary N) is 2. The Hall–Kier alpha value is -2.63. The van der Waals surface area contributed by atoms with Crippen molar-refractivity contribution in [3.8, 4) is 0 Å². The zero-order chi connectivity index (χ0) is 15.2. The van der Waals surface area contributed by atoms with Gasteiger partial charge < -0.3 is 10.6 Å². The Labute approximate surface area is 122 Å². The second-order valence-corrected chi connectivity index (χ2v) is 4.76. The topological polar surface area (TPSA) is 76.0 Å². The van der Waals surface area contributed by atoms with Crippen molar-refractivity contribution in [2.75, 3.05) is 11.9 Å². The lowest BCUT2D eigenvalue weighted by atomic mass is 10.2. The molecular formula is C15H18N4O2. The van der Waals surface area contributed by atoms with Crippen LogP contribution in [0.2, 0.25) is 0 Å². The molecule has 1 aromatic carbocycles. The van der Waals surface area contributed by atoms with Crippen LogP contribution in [-0.2, 0) is 6.54 Å². The van der Waals surface area contributed by atoms with E-state index in [0.29, 0.717) is 18.8 Å². The summed E-state index contributed by atoms with van der Waals surface area (Å²) < 4.78 is 1.46. The van der Waals surface area contributed by atoms with Crippen LogP contribution in [0, 0.1) is 13.8 Å². The van der Waals surface area contributed by atoms with Gasteiger partial charge in [-0.2, -0.15) is 0 Å². The number of anilines is 1. The molecule has 0 aliphatic carbocycles. The molecule has 0 atom stereocenters. The van der Waals surface area contributed by atoms with Gasteiger partial charge in [0.05, 0.1) is 6.33 Å². The maximum Gasteiger partial charge on any atom is 0.319 e. The number of nitrogens with zero attached hydrogens (tertiary/aromatic N) is 2. The Kier molecular flexibility index (Phi) is 4.71. The fourth-order valence-corrected chi connectivity index (χ4v) is 1.85. The van der Waals surface area contributed by atoms with Crippen molar-refractivity contribution < 1.29 is 4.79 Å². The van der Waals surface area contributed by atoms with Gasteiger partial charge in [-0.05, 0) is 25.5 Å². The Morgan fingerprint density at radius 2 is 2.05 bits per heavy atom. The van der Waals surface area contributed by atoms with Crippen LogP contribution in [0.3, 0.4) is 0 Å². The Morgan fingerprint density at radius 3 is 2.76 bits per heavy atom. The van der Waals surface area contributed by atoms with Crippen LogP contribution in [0.15, 0.2) is 41.5 Å². The van der Waals surface area contributed by atoms with E-state index in [1.165, 1.54) is 17.0 Å². The van der Waals surface area contributed by atoms with Gasteiger partial charge in [-0.3, -0.25) is 9.36 Å². The summed E-state index contributed by atoms with van der Waals surface area (Å²) >= 11 is 0. The molecule has 0 saturated carbocycles. The molecule has 6 heteroatoms. The van der Waals surface area contributed by atoms with E-state index in [1.54, 1.807) is 6.92 Å². The van der Waals surface area contributed by atoms with E-state index in [1.807, 2.05) is 31.2 Å². The van der Waals surface area contributed by atoms with Crippen molar-refractivity contribution in [2.45, 2.75) is 20.4 Å². The highest BCUT2D eigenvalue weighted by Crippen LogP contribution is 2.12. The maximum atomic E-state index is 11.8. The third-order valence-electron chi connectivity index (χ3n) is 3.05. The van der Waals surface area contributed by atoms with Crippen LogP contribution in [0.5, 0.6) is 0 Å². The molecule has 2 N–H and O–H groups in total. The first-order valence-electron chi connectivity index (χ1n) is 6.70. The highest BCUT2D eigenvalue weighted by Gasteiger charge is 2.03. The van der Waals surface area contributed by atoms with E-state index in [0.717, 1.165) is 11.3 Å². The van der Waals surface area contributed by atoms with E-state index in [-0.39, 0.29) is 11.6 Å². The van der Waals surface area contributed by atoms with E-state index < -0.39 is 0 Å². The molecule has 2 aromatic rings. The maximum absolute atomic E-state index is 11.8. The lowest BCUT2D eigenvalue weighted by Crippen LogP contribution is -2.33. The average Bonchev–Trinajstić information content (AvgIpc) is 2.44. The number of hydrogen-bond acceptors (Lipinski definition) is 3. The van der Waals surface area contributed by atoms with Crippen molar-refractivity contribution in [3.63, 3.8) is 0 Å². The van der Waals surface area contributed by atoms with Crippen LogP contribution < -0.4 is 16.2 Å².